The molecule has 1 saturated carbocycles. The Balaban J connectivity index is 2.09. The van der Waals surface area contributed by atoms with Crippen molar-refractivity contribution < 1.29 is 9.90 Å². The van der Waals surface area contributed by atoms with Gasteiger partial charge >= 0.3 is 0 Å². The van der Waals surface area contributed by atoms with Crippen LogP contribution in [0.5, 0.6) is 0 Å². The van der Waals surface area contributed by atoms with E-state index in [0.717, 1.165) is 31.2 Å². The Bertz CT molecular complexity index is 453. The van der Waals surface area contributed by atoms with Crippen molar-refractivity contribution in [2.45, 2.75) is 45.1 Å². The lowest BCUT2D eigenvalue weighted by atomic mass is 9.88. The van der Waals surface area contributed by atoms with E-state index in [1.807, 2.05) is 0 Å². The van der Waals surface area contributed by atoms with E-state index in [9.17, 15) is 9.90 Å². The molecule has 1 aromatic carbocycles. The molecule has 104 valence electrons. The maximum absolute atomic E-state index is 12.2. The molecule has 1 amide bonds. The molecule has 1 atom stereocenters. The molecule has 1 aromatic rings. The van der Waals surface area contributed by atoms with Gasteiger partial charge in [-0.15, -0.1) is 0 Å². The third-order valence-corrected chi connectivity index (χ3v) is 4.04. The second-order valence-corrected chi connectivity index (χ2v) is 5.65. The SMILES string of the molecule is CC(O)c1ccc(Cl)c(NC(=O)C2CCCCC2)c1. The van der Waals surface area contributed by atoms with Crippen LogP contribution in [0.3, 0.4) is 0 Å². The van der Waals surface area contributed by atoms with Gasteiger partial charge in [0.05, 0.1) is 16.8 Å². The normalized spacial score (nSPS) is 18.1. The van der Waals surface area contributed by atoms with Gasteiger partial charge in [0.1, 0.15) is 0 Å². The molecule has 19 heavy (non-hydrogen) atoms. The van der Waals surface area contributed by atoms with Gasteiger partial charge in [0.25, 0.3) is 0 Å². The first kappa shape index (κ1) is 14.4. The fourth-order valence-electron chi connectivity index (χ4n) is 2.50. The van der Waals surface area contributed by atoms with Gasteiger partial charge in [0.2, 0.25) is 5.91 Å². The third-order valence-electron chi connectivity index (χ3n) is 3.71. The van der Waals surface area contributed by atoms with Crippen LogP contribution in [0.2, 0.25) is 5.02 Å². The zero-order valence-corrected chi connectivity index (χ0v) is 11.9. The van der Waals surface area contributed by atoms with Crippen molar-refractivity contribution in [1.29, 1.82) is 0 Å². The summed E-state index contributed by atoms with van der Waals surface area (Å²) >= 11 is 6.09. The van der Waals surface area contributed by atoms with Gasteiger partial charge in [-0.1, -0.05) is 36.9 Å². The van der Waals surface area contributed by atoms with Crippen molar-refractivity contribution in [2.24, 2.45) is 5.92 Å². The van der Waals surface area contributed by atoms with Crippen LogP contribution < -0.4 is 5.32 Å². The molecular weight excluding hydrogens is 262 g/mol. The van der Waals surface area contributed by atoms with E-state index in [2.05, 4.69) is 5.32 Å². The van der Waals surface area contributed by atoms with E-state index >= 15 is 0 Å². The largest absolute Gasteiger partial charge is 0.389 e. The molecule has 0 saturated heterocycles. The molecule has 1 fully saturated rings. The summed E-state index contributed by atoms with van der Waals surface area (Å²) in [6.07, 6.45) is 4.82. The van der Waals surface area contributed by atoms with Gasteiger partial charge in [-0.25, -0.2) is 0 Å². The molecule has 0 heterocycles. The highest BCUT2D eigenvalue weighted by molar-refractivity contribution is 6.33. The van der Waals surface area contributed by atoms with Gasteiger partial charge in [-0.2, -0.15) is 0 Å². The molecule has 2 N–H and O–H groups in total. The van der Waals surface area contributed by atoms with Crippen molar-refractivity contribution in [1.82, 2.24) is 0 Å². The van der Waals surface area contributed by atoms with Crippen LogP contribution in [-0.4, -0.2) is 11.0 Å². The first-order chi connectivity index (χ1) is 9.08. The second kappa shape index (κ2) is 6.40. The fourth-order valence-corrected chi connectivity index (χ4v) is 2.66. The molecule has 0 aliphatic heterocycles. The first-order valence-corrected chi connectivity index (χ1v) is 7.24. The average Bonchev–Trinajstić information content (AvgIpc) is 2.42. The lowest BCUT2D eigenvalue weighted by Crippen LogP contribution is -2.24. The first-order valence-electron chi connectivity index (χ1n) is 6.86. The Labute approximate surface area is 119 Å². The van der Waals surface area contributed by atoms with Gasteiger partial charge in [-0.05, 0) is 37.5 Å². The predicted molar refractivity (Wildman–Crippen MR) is 77.3 cm³/mol. The smallest absolute Gasteiger partial charge is 0.227 e. The Hall–Kier alpha value is -1.06. The van der Waals surface area contributed by atoms with Crippen LogP contribution >= 0.6 is 11.6 Å². The lowest BCUT2D eigenvalue weighted by Gasteiger charge is -2.21. The minimum atomic E-state index is -0.567. The monoisotopic (exact) mass is 281 g/mol. The number of benzene rings is 1. The van der Waals surface area contributed by atoms with Crippen molar-refractivity contribution in [3.05, 3.63) is 28.8 Å². The van der Waals surface area contributed by atoms with Gasteiger partial charge < -0.3 is 10.4 Å². The predicted octanol–water partition coefficient (Wildman–Crippen LogP) is 3.91. The van der Waals surface area contributed by atoms with Crippen LogP contribution in [0.4, 0.5) is 5.69 Å². The van der Waals surface area contributed by atoms with Gasteiger partial charge in [0.15, 0.2) is 0 Å². The van der Waals surface area contributed by atoms with Crippen LogP contribution in [-0.2, 0) is 4.79 Å². The summed E-state index contributed by atoms with van der Waals surface area (Å²) in [5, 5.41) is 13.0. The number of aliphatic hydroxyl groups is 1. The minimum absolute atomic E-state index is 0.0457. The Morgan fingerprint density at radius 2 is 2.05 bits per heavy atom. The maximum Gasteiger partial charge on any atom is 0.227 e. The molecule has 1 unspecified atom stereocenters. The van der Waals surface area contributed by atoms with Crippen LogP contribution in [0.15, 0.2) is 18.2 Å². The fraction of sp³-hybridized carbons (Fsp3) is 0.533. The number of hydrogen-bond donors (Lipinski definition) is 2. The standard InChI is InChI=1S/C15H20ClNO2/c1-10(18)12-7-8-13(16)14(9-12)17-15(19)11-5-3-2-4-6-11/h7-11,18H,2-6H2,1H3,(H,17,19). The van der Waals surface area contributed by atoms with Crippen LogP contribution in [0, 0.1) is 5.92 Å². The summed E-state index contributed by atoms with van der Waals surface area (Å²) in [7, 11) is 0. The lowest BCUT2D eigenvalue weighted by molar-refractivity contribution is -0.120. The quantitative estimate of drug-likeness (QED) is 0.882. The van der Waals surface area contributed by atoms with E-state index in [0.29, 0.717) is 10.7 Å². The molecule has 1 aliphatic rings. The van der Waals surface area contributed by atoms with Crippen molar-refractivity contribution >= 4 is 23.2 Å². The summed E-state index contributed by atoms with van der Waals surface area (Å²) in [5.74, 6) is 0.143. The zero-order chi connectivity index (χ0) is 13.8. The van der Waals surface area contributed by atoms with Crippen molar-refractivity contribution in [3.63, 3.8) is 0 Å². The molecule has 0 spiro atoms. The van der Waals surface area contributed by atoms with E-state index in [4.69, 9.17) is 11.6 Å². The number of halogens is 1. The summed E-state index contributed by atoms with van der Waals surface area (Å²) < 4.78 is 0. The Morgan fingerprint density at radius 3 is 2.68 bits per heavy atom. The topological polar surface area (TPSA) is 49.3 Å². The van der Waals surface area contributed by atoms with E-state index in [1.165, 1.54) is 6.42 Å². The number of hydrogen-bond acceptors (Lipinski definition) is 2. The molecule has 0 aromatic heterocycles. The van der Waals surface area contributed by atoms with Gasteiger partial charge in [0, 0.05) is 5.92 Å². The summed E-state index contributed by atoms with van der Waals surface area (Å²) in [6, 6.07) is 5.22. The molecule has 4 heteroatoms. The number of carbonyl (C=O) groups excluding carboxylic acids is 1. The molecule has 2 rings (SSSR count). The van der Waals surface area contributed by atoms with Crippen molar-refractivity contribution in [3.8, 4) is 0 Å². The number of carbonyl (C=O) groups is 1. The van der Waals surface area contributed by atoms with Crippen molar-refractivity contribution in [2.75, 3.05) is 5.32 Å². The number of nitrogens with one attached hydrogen (secondary N) is 1. The highest BCUT2D eigenvalue weighted by Crippen LogP contribution is 2.29. The zero-order valence-electron chi connectivity index (χ0n) is 11.2. The molecular formula is C15H20ClNO2. The van der Waals surface area contributed by atoms with Crippen LogP contribution in [0.25, 0.3) is 0 Å². The molecule has 3 nitrogen and oxygen atoms in total. The maximum atomic E-state index is 12.2. The van der Waals surface area contributed by atoms with E-state index < -0.39 is 6.10 Å². The van der Waals surface area contributed by atoms with E-state index in [1.54, 1.807) is 25.1 Å². The number of aliphatic hydroxyl groups excluding tert-OH is 1. The van der Waals surface area contributed by atoms with Crippen LogP contribution in [0.1, 0.15) is 50.7 Å². The minimum Gasteiger partial charge on any atom is -0.389 e. The van der Waals surface area contributed by atoms with Gasteiger partial charge in [-0.3, -0.25) is 4.79 Å². The Morgan fingerprint density at radius 1 is 1.37 bits per heavy atom. The summed E-state index contributed by atoms with van der Waals surface area (Å²) in [4.78, 5) is 12.2. The highest BCUT2D eigenvalue weighted by Gasteiger charge is 2.21. The number of amides is 1. The Kier molecular flexibility index (Phi) is 4.83. The summed E-state index contributed by atoms with van der Waals surface area (Å²) in [6.45, 7) is 1.69. The van der Waals surface area contributed by atoms with E-state index in [-0.39, 0.29) is 11.8 Å². The third kappa shape index (κ3) is 3.71. The molecule has 0 radical (unpaired) electrons. The molecule has 1 aliphatic carbocycles. The average molecular weight is 282 g/mol. The number of rotatable bonds is 3. The number of anilines is 1. The summed E-state index contributed by atoms with van der Waals surface area (Å²) in [5.41, 5.74) is 1.35. The molecule has 0 bridgehead atoms. The highest BCUT2D eigenvalue weighted by atomic mass is 35.5. The second-order valence-electron chi connectivity index (χ2n) is 5.24.